The highest BCUT2D eigenvalue weighted by molar-refractivity contribution is 9.11. The van der Waals surface area contributed by atoms with Gasteiger partial charge in [-0.05, 0) is 56.1 Å². The molecule has 0 aliphatic carbocycles. The van der Waals surface area contributed by atoms with E-state index in [2.05, 4.69) is 36.8 Å². The van der Waals surface area contributed by atoms with Crippen molar-refractivity contribution in [2.45, 2.75) is 0 Å². The molecule has 0 aliphatic rings. The maximum absolute atomic E-state index is 13.0. The summed E-state index contributed by atoms with van der Waals surface area (Å²) in [5.41, 5.74) is -0.267. The number of benzene rings is 1. The van der Waals surface area contributed by atoms with Gasteiger partial charge in [0, 0.05) is 10.7 Å². The Bertz CT molecular complexity index is 649. The first-order chi connectivity index (χ1) is 8.97. The first-order valence-electron chi connectivity index (χ1n) is 4.99. The van der Waals surface area contributed by atoms with E-state index in [1.54, 1.807) is 6.07 Å². The Morgan fingerprint density at radius 3 is 2.68 bits per heavy atom. The van der Waals surface area contributed by atoms with Crippen molar-refractivity contribution < 1.29 is 19.0 Å². The van der Waals surface area contributed by atoms with Gasteiger partial charge < -0.3 is 9.84 Å². The lowest BCUT2D eigenvalue weighted by Gasteiger charge is -2.09. The maximum Gasteiger partial charge on any atom is 0.339 e. The normalized spacial score (nSPS) is 10.3. The van der Waals surface area contributed by atoms with Gasteiger partial charge in [-0.25, -0.2) is 14.2 Å². The van der Waals surface area contributed by atoms with Crippen molar-refractivity contribution in [2.75, 3.05) is 0 Å². The molecule has 0 unspecified atom stereocenters. The number of carboxylic acid groups (broad SMARTS) is 1. The summed E-state index contributed by atoms with van der Waals surface area (Å²) in [5.74, 6) is -1.71. The minimum atomic E-state index is -1.28. The lowest BCUT2D eigenvalue weighted by molar-refractivity contribution is 0.0693. The smallest absolute Gasteiger partial charge is 0.339 e. The molecule has 0 saturated carbocycles. The van der Waals surface area contributed by atoms with Crippen LogP contribution in [-0.2, 0) is 0 Å². The maximum atomic E-state index is 13.0. The molecule has 1 aromatic carbocycles. The van der Waals surface area contributed by atoms with E-state index < -0.39 is 11.8 Å². The molecule has 0 atom stereocenters. The topological polar surface area (TPSA) is 59.4 Å². The molecular formula is C12H6Br2FNO3. The number of carbonyl (C=O) groups is 1. The number of carboxylic acids is 1. The predicted octanol–water partition coefficient (Wildman–Crippen LogP) is 4.24. The average Bonchev–Trinajstić information content (AvgIpc) is 2.34. The highest BCUT2D eigenvalue weighted by Crippen LogP contribution is 2.31. The van der Waals surface area contributed by atoms with Gasteiger partial charge in [0.1, 0.15) is 17.1 Å². The summed E-state index contributed by atoms with van der Waals surface area (Å²) in [6, 6.07) is 4.96. The van der Waals surface area contributed by atoms with E-state index in [9.17, 15) is 9.18 Å². The van der Waals surface area contributed by atoms with Crippen LogP contribution in [-0.4, -0.2) is 16.1 Å². The number of pyridine rings is 1. The molecular weight excluding hydrogens is 385 g/mol. The van der Waals surface area contributed by atoms with Gasteiger partial charge in [0.25, 0.3) is 0 Å². The van der Waals surface area contributed by atoms with E-state index >= 15 is 0 Å². The van der Waals surface area contributed by atoms with Gasteiger partial charge in [-0.1, -0.05) is 0 Å². The van der Waals surface area contributed by atoms with Crippen molar-refractivity contribution in [3.05, 3.63) is 50.8 Å². The molecule has 2 aromatic rings. The molecule has 7 heteroatoms. The average molecular weight is 391 g/mol. The molecule has 2 rings (SSSR count). The number of halogens is 3. The molecule has 1 heterocycles. The highest BCUT2D eigenvalue weighted by Gasteiger charge is 2.15. The summed E-state index contributed by atoms with van der Waals surface area (Å²) in [5, 5.41) is 9.00. The van der Waals surface area contributed by atoms with Crippen molar-refractivity contribution in [2.24, 2.45) is 0 Å². The Morgan fingerprint density at radius 2 is 2.05 bits per heavy atom. The van der Waals surface area contributed by atoms with Crippen LogP contribution in [0.15, 0.2) is 39.4 Å². The first-order valence-corrected chi connectivity index (χ1v) is 6.57. The number of hydrogen-bond donors (Lipinski definition) is 1. The fourth-order valence-electron chi connectivity index (χ4n) is 1.34. The zero-order valence-electron chi connectivity index (χ0n) is 9.23. The largest absolute Gasteiger partial charge is 0.478 e. The van der Waals surface area contributed by atoms with Crippen LogP contribution >= 0.6 is 31.9 Å². The van der Waals surface area contributed by atoms with E-state index in [1.165, 1.54) is 12.3 Å². The molecule has 0 saturated heterocycles. The van der Waals surface area contributed by atoms with Gasteiger partial charge in [-0.15, -0.1) is 0 Å². The molecule has 0 radical (unpaired) electrons. The van der Waals surface area contributed by atoms with Gasteiger partial charge in [-0.3, -0.25) is 0 Å². The van der Waals surface area contributed by atoms with Gasteiger partial charge >= 0.3 is 5.97 Å². The number of aromatic carboxylic acids is 1. The van der Waals surface area contributed by atoms with Crippen LogP contribution in [0.1, 0.15) is 10.4 Å². The minimum Gasteiger partial charge on any atom is -0.478 e. The summed E-state index contributed by atoms with van der Waals surface area (Å²) in [4.78, 5) is 15.0. The summed E-state index contributed by atoms with van der Waals surface area (Å²) in [6.45, 7) is 0. The van der Waals surface area contributed by atoms with Crippen LogP contribution in [0, 0.1) is 5.82 Å². The number of aromatic nitrogens is 1. The molecule has 1 aromatic heterocycles. The zero-order chi connectivity index (χ0) is 14.0. The molecule has 0 spiro atoms. The summed E-state index contributed by atoms with van der Waals surface area (Å²) in [7, 11) is 0. The van der Waals surface area contributed by atoms with E-state index in [4.69, 9.17) is 9.84 Å². The van der Waals surface area contributed by atoms with Gasteiger partial charge in [0.05, 0.1) is 4.47 Å². The second-order valence-corrected chi connectivity index (χ2v) is 5.26. The molecule has 1 N–H and O–H groups in total. The quantitative estimate of drug-likeness (QED) is 0.851. The third-order valence-corrected chi connectivity index (χ3v) is 3.15. The van der Waals surface area contributed by atoms with Gasteiger partial charge in [0.2, 0.25) is 5.88 Å². The molecule has 98 valence electrons. The lowest BCUT2D eigenvalue weighted by atomic mass is 10.2. The van der Waals surface area contributed by atoms with E-state index in [0.29, 0.717) is 4.47 Å². The number of ether oxygens (including phenoxy) is 1. The highest BCUT2D eigenvalue weighted by atomic mass is 79.9. The SMILES string of the molecule is O=C(O)c1cc(F)ccc1Oc1ncc(Br)cc1Br. The second-order valence-electron chi connectivity index (χ2n) is 3.49. The summed E-state index contributed by atoms with van der Waals surface area (Å²) in [6.07, 6.45) is 1.50. The third-order valence-electron chi connectivity index (χ3n) is 2.15. The lowest BCUT2D eigenvalue weighted by Crippen LogP contribution is -2.01. The van der Waals surface area contributed by atoms with E-state index in [0.717, 1.165) is 16.6 Å². The van der Waals surface area contributed by atoms with Crippen molar-refractivity contribution in [1.82, 2.24) is 4.98 Å². The van der Waals surface area contributed by atoms with Crippen LogP contribution < -0.4 is 4.74 Å². The van der Waals surface area contributed by atoms with Crippen molar-refractivity contribution >= 4 is 37.8 Å². The van der Waals surface area contributed by atoms with E-state index in [1.807, 2.05) is 0 Å². The molecule has 0 fully saturated rings. The Kier molecular flexibility index (Phi) is 4.16. The Morgan fingerprint density at radius 1 is 1.32 bits per heavy atom. The zero-order valence-corrected chi connectivity index (χ0v) is 12.4. The monoisotopic (exact) mass is 389 g/mol. The first kappa shape index (κ1) is 14.0. The number of hydrogen-bond acceptors (Lipinski definition) is 3. The fraction of sp³-hybridized carbons (Fsp3) is 0. The summed E-state index contributed by atoms with van der Waals surface area (Å²) >= 11 is 6.48. The molecule has 19 heavy (non-hydrogen) atoms. The standard InChI is InChI=1S/C12H6Br2FNO3/c13-6-3-9(14)11(16-5-6)19-10-2-1-7(15)4-8(10)12(17)18/h1-5H,(H,17,18). The van der Waals surface area contributed by atoms with Crippen molar-refractivity contribution in [3.63, 3.8) is 0 Å². The fourth-order valence-corrected chi connectivity index (χ4v) is 2.41. The molecule has 0 aliphatic heterocycles. The third kappa shape index (κ3) is 3.30. The van der Waals surface area contributed by atoms with Gasteiger partial charge in [-0.2, -0.15) is 0 Å². The van der Waals surface area contributed by atoms with Crippen LogP contribution in [0.4, 0.5) is 4.39 Å². The number of rotatable bonds is 3. The molecule has 0 bridgehead atoms. The van der Waals surface area contributed by atoms with E-state index in [-0.39, 0.29) is 17.2 Å². The van der Waals surface area contributed by atoms with Crippen molar-refractivity contribution in [1.29, 1.82) is 0 Å². The van der Waals surface area contributed by atoms with Crippen LogP contribution in [0.5, 0.6) is 11.6 Å². The molecule has 4 nitrogen and oxygen atoms in total. The second kappa shape index (κ2) is 5.66. The Hall–Kier alpha value is -1.47. The van der Waals surface area contributed by atoms with Crippen LogP contribution in [0.3, 0.4) is 0 Å². The van der Waals surface area contributed by atoms with Gasteiger partial charge in [0.15, 0.2) is 0 Å². The minimum absolute atomic E-state index is 0.0180. The summed E-state index contributed by atoms with van der Waals surface area (Å²) < 4.78 is 19.7. The Balaban J connectivity index is 2.40. The van der Waals surface area contributed by atoms with Crippen LogP contribution in [0.25, 0.3) is 0 Å². The van der Waals surface area contributed by atoms with Crippen LogP contribution in [0.2, 0.25) is 0 Å². The Labute approximate surface area is 124 Å². The predicted molar refractivity (Wildman–Crippen MR) is 73.1 cm³/mol. The number of nitrogens with zero attached hydrogens (tertiary/aromatic N) is 1. The molecule has 0 amide bonds. The van der Waals surface area contributed by atoms with Crippen molar-refractivity contribution in [3.8, 4) is 11.6 Å².